The fraction of sp³-hybridized carbons (Fsp3) is 0.556. The lowest BCUT2D eigenvalue weighted by Gasteiger charge is -2.41. The number of nitrogens with zero attached hydrogens (tertiary/aromatic N) is 2. The van der Waals surface area contributed by atoms with Crippen molar-refractivity contribution in [2.45, 2.75) is 77.9 Å². The van der Waals surface area contributed by atoms with Crippen LogP contribution >= 0.6 is 0 Å². The van der Waals surface area contributed by atoms with E-state index in [-0.39, 0.29) is 12.1 Å². The van der Waals surface area contributed by atoms with Crippen molar-refractivity contribution >= 4 is 6.09 Å². The number of ether oxygens (including phenoxy) is 2. The number of likely N-dealkylation sites (tertiary alicyclic amines) is 1. The summed E-state index contributed by atoms with van der Waals surface area (Å²) in [6.07, 6.45) is 5.33. The van der Waals surface area contributed by atoms with E-state index in [1.807, 2.05) is 27.7 Å². The average Bonchev–Trinajstić information content (AvgIpc) is 2.72. The minimum atomic E-state index is -0.489. The third-order valence-corrected chi connectivity index (χ3v) is 6.21. The first kappa shape index (κ1) is 25.0. The van der Waals surface area contributed by atoms with Gasteiger partial charge in [0.25, 0.3) is 0 Å². The summed E-state index contributed by atoms with van der Waals surface area (Å²) in [7, 11) is 0. The fourth-order valence-electron chi connectivity index (χ4n) is 3.97. The molecule has 0 saturated carbocycles. The number of hydrogen-bond donors (Lipinski definition) is 1. The molecule has 0 bridgehead atoms. The zero-order valence-electron chi connectivity index (χ0n) is 20.8. The lowest BCUT2D eigenvalue weighted by Crippen LogP contribution is -2.55. The molecule has 0 spiro atoms. The van der Waals surface area contributed by atoms with E-state index in [4.69, 9.17) is 15.2 Å². The molecule has 1 aromatic carbocycles. The van der Waals surface area contributed by atoms with E-state index in [0.29, 0.717) is 25.6 Å². The predicted molar refractivity (Wildman–Crippen MR) is 132 cm³/mol. The Hall–Kier alpha value is -2.60. The van der Waals surface area contributed by atoms with E-state index in [2.05, 4.69) is 42.2 Å². The molecular weight excluding hydrogens is 414 g/mol. The molecule has 1 aliphatic heterocycles. The molecule has 6 heteroatoms. The zero-order valence-corrected chi connectivity index (χ0v) is 20.8. The first-order valence-corrected chi connectivity index (χ1v) is 12.0. The highest BCUT2D eigenvalue weighted by Gasteiger charge is 2.35. The summed E-state index contributed by atoms with van der Waals surface area (Å²) in [5, 5.41) is 0. The van der Waals surface area contributed by atoms with Gasteiger partial charge in [-0.1, -0.05) is 31.2 Å². The molecule has 1 aromatic heterocycles. The highest BCUT2D eigenvalue weighted by Crippen LogP contribution is 2.26. The van der Waals surface area contributed by atoms with Crippen LogP contribution in [0.1, 0.15) is 68.8 Å². The second-order valence-corrected chi connectivity index (χ2v) is 10.1. The van der Waals surface area contributed by atoms with Crippen LogP contribution in [0.4, 0.5) is 4.79 Å². The second-order valence-electron chi connectivity index (χ2n) is 10.1. The molecule has 6 nitrogen and oxygen atoms in total. The summed E-state index contributed by atoms with van der Waals surface area (Å²) in [6, 6.07) is 10.9. The lowest BCUT2D eigenvalue weighted by atomic mass is 9.93. The molecule has 0 unspecified atom stereocenters. The molecule has 1 saturated heterocycles. The fourth-order valence-corrected chi connectivity index (χ4v) is 3.97. The van der Waals surface area contributed by atoms with Gasteiger partial charge in [0.2, 0.25) is 0 Å². The molecule has 0 aliphatic carbocycles. The van der Waals surface area contributed by atoms with Crippen molar-refractivity contribution < 1.29 is 14.3 Å². The van der Waals surface area contributed by atoms with Gasteiger partial charge in [0, 0.05) is 12.2 Å². The Morgan fingerprint density at radius 2 is 1.97 bits per heavy atom. The zero-order chi connectivity index (χ0) is 24.0. The molecule has 33 heavy (non-hydrogen) atoms. The lowest BCUT2D eigenvalue weighted by molar-refractivity contribution is -0.0141. The Bertz CT molecular complexity index is 921. The monoisotopic (exact) mass is 453 g/mol. The normalized spacial score (nSPS) is 16.8. The van der Waals surface area contributed by atoms with Crippen molar-refractivity contribution in [1.82, 2.24) is 9.88 Å². The van der Waals surface area contributed by atoms with Crippen LogP contribution in [-0.4, -0.2) is 47.3 Å². The van der Waals surface area contributed by atoms with Gasteiger partial charge in [0.15, 0.2) is 0 Å². The minimum Gasteiger partial charge on any atom is -0.490 e. The van der Waals surface area contributed by atoms with Gasteiger partial charge in [0.1, 0.15) is 18.0 Å². The van der Waals surface area contributed by atoms with E-state index in [0.717, 1.165) is 37.1 Å². The number of carbonyl (C=O) groups excluding carboxylic acids is 1. The Morgan fingerprint density at radius 3 is 2.58 bits per heavy atom. The number of nitrogens with two attached hydrogens (primary N) is 1. The summed E-state index contributed by atoms with van der Waals surface area (Å²) in [5.74, 6) is 1.21. The van der Waals surface area contributed by atoms with Gasteiger partial charge >= 0.3 is 6.09 Å². The summed E-state index contributed by atoms with van der Waals surface area (Å²) in [4.78, 5) is 18.6. The maximum atomic E-state index is 12.3. The van der Waals surface area contributed by atoms with Gasteiger partial charge in [-0.3, -0.25) is 4.98 Å². The quantitative estimate of drug-likeness (QED) is 0.577. The third kappa shape index (κ3) is 7.19. The van der Waals surface area contributed by atoms with E-state index in [1.54, 1.807) is 11.1 Å². The summed E-state index contributed by atoms with van der Waals surface area (Å²) in [6.45, 7) is 11.8. The molecule has 1 fully saturated rings. The van der Waals surface area contributed by atoms with Crippen LogP contribution in [0.2, 0.25) is 0 Å². The van der Waals surface area contributed by atoms with Crippen LogP contribution < -0.4 is 10.5 Å². The van der Waals surface area contributed by atoms with Crippen LogP contribution in [0.25, 0.3) is 0 Å². The van der Waals surface area contributed by atoms with Crippen molar-refractivity contribution in [2.24, 2.45) is 5.73 Å². The van der Waals surface area contributed by atoms with Crippen LogP contribution in [-0.2, 0) is 17.6 Å². The highest BCUT2D eigenvalue weighted by molar-refractivity contribution is 5.69. The van der Waals surface area contributed by atoms with Crippen LogP contribution in [0.5, 0.6) is 5.75 Å². The number of aromatic nitrogens is 1. The molecule has 0 radical (unpaired) electrons. The van der Waals surface area contributed by atoms with E-state index < -0.39 is 5.60 Å². The van der Waals surface area contributed by atoms with E-state index in [1.165, 1.54) is 16.7 Å². The van der Waals surface area contributed by atoms with Gasteiger partial charge in [-0.15, -0.1) is 0 Å². The SMILES string of the molecule is Cc1ncc(OC[C@@H]2CCN2C(=O)OC(C)(C)C)cc1CC[C@@H](C)c1ccc(CCN)cc1. The molecule has 2 heterocycles. The van der Waals surface area contributed by atoms with Crippen molar-refractivity contribution in [1.29, 1.82) is 0 Å². The van der Waals surface area contributed by atoms with Crippen LogP contribution in [0.15, 0.2) is 36.5 Å². The first-order chi connectivity index (χ1) is 15.7. The smallest absolute Gasteiger partial charge is 0.410 e. The largest absolute Gasteiger partial charge is 0.490 e. The molecule has 3 rings (SSSR count). The van der Waals surface area contributed by atoms with Crippen molar-refractivity contribution in [2.75, 3.05) is 19.7 Å². The minimum absolute atomic E-state index is 0.0480. The number of amides is 1. The number of benzene rings is 1. The third-order valence-electron chi connectivity index (χ3n) is 6.21. The maximum absolute atomic E-state index is 12.3. The topological polar surface area (TPSA) is 77.7 Å². The number of hydrogen-bond acceptors (Lipinski definition) is 5. The van der Waals surface area contributed by atoms with Crippen molar-refractivity contribution in [3.05, 3.63) is 58.9 Å². The van der Waals surface area contributed by atoms with Gasteiger partial charge < -0.3 is 20.1 Å². The molecule has 2 N–H and O–H groups in total. The average molecular weight is 454 g/mol. The van der Waals surface area contributed by atoms with Crippen LogP contribution in [0, 0.1) is 6.92 Å². The predicted octanol–water partition coefficient (Wildman–Crippen LogP) is 5.02. The molecule has 1 amide bonds. The van der Waals surface area contributed by atoms with E-state index >= 15 is 0 Å². The standard InChI is InChI=1S/C27H39N3O3/c1-19(22-10-7-21(8-11-22)12-14-28)6-9-23-16-25(17-29-20(23)2)32-18-24-13-15-30(24)26(31)33-27(3,4)5/h7-8,10-11,16-17,19,24H,6,9,12-15,18,28H2,1-5H3/t19-,24+/m1/s1. The first-order valence-electron chi connectivity index (χ1n) is 12.0. The van der Waals surface area contributed by atoms with Gasteiger partial charge in [-0.05, 0) is 88.6 Å². The maximum Gasteiger partial charge on any atom is 0.410 e. The Morgan fingerprint density at radius 1 is 1.24 bits per heavy atom. The number of rotatable bonds is 9. The molecule has 2 aromatic rings. The molecule has 2 atom stereocenters. The number of aryl methyl sites for hydroxylation is 2. The Balaban J connectivity index is 1.52. The van der Waals surface area contributed by atoms with Crippen LogP contribution in [0.3, 0.4) is 0 Å². The number of pyridine rings is 1. The Labute approximate surface area is 198 Å². The molecule has 180 valence electrons. The number of carbonyl (C=O) groups is 1. The summed E-state index contributed by atoms with van der Waals surface area (Å²) >= 11 is 0. The van der Waals surface area contributed by atoms with Gasteiger partial charge in [-0.25, -0.2) is 4.79 Å². The van der Waals surface area contributed by atoms with Crippen molar-refractivity contribution in [3.8, 4) is 5.75 Å². The molecule has 1 aliphatic rings. The van der Waals surface area contributed by atoms with Gasteiger partial charge in [-0.2, -0.15) is 0 Å². The van der Waals surface area contributed by atoms with Crippen molar-refractivity contribution in [3.63, 3.8) is 0 Å². The summed E-state index contributed by atoms with van der Waals surface area (Å²) < 4.78 is 11.5. The van der Waals surface area contributed by atoms with Gasteiger partial charge in [0.05, 0.1) is 12.2 Å². The summed E-state index contributed by atoms with van der Waals surface area (Å²) in [5.41, 5.74) is 10.0. The molecular formula is C27H39N3O3. The Kier molecular flexibility index (Phi) is 8.35. The second kappa shape index (κ2) is 11.0. The van der Waals surface area contributed by atoms with E-state index in [9.17, 15) is 4.79 Å². The highest BCUT2D eigenvalue weighted by atomic mass is 16.6.